The van der Waals surface area contributed by atoms with Crippen LogP contribution in [-0.4, -0.2) is 20.9 Å². The van der Waals surface area contributed by atoms with Crippen LogP contribution in [0.15, 0.2) is 78.1 Å². The molecule has 0 aliphatic rings. The van der Waals surface area contributed by atoms with E-state index in [9.17, 15) is 9.90 Å². The van der Waals surface area contributed by atoms with E-state index in [0.29, 0.717) is 5.92 Å². The molecule has 5 rings (SSSR count). The van der Waals surface area contributed by atoms with Crippen LogP contribution < -0.4 is 0 Å². The van der Waals surface area contributed by atoms with Gasteiger partial charge in [0.15, 0.2) is 5.78 Å². The van der Waals surface area contributed by atoms with E-state index in [4.69, 9.17) is 4.98 Å². The number of aromatic nitrogens is 2. The van der Waals surface area contributed by atoms with Crippen LogP contribution in [0.4, 0.5) is 0 Å². The zero-order valence-corrected chi connectivity index (χ0v) is 33.9. The summed E-state index contributed by atoms with van der Waals surface area (Å²) in [4.78, 5) is 21.1. The van der Waals surface area contributed by atoms with Crippen molar-refractivity contribution in [3.8, 4) is 22.5 Å². The van der Waals surface area contributed by atoms with Gasteiger partial charge in [-0.1, -0.05) is 104 Å². The molecule has 263 valence electrons. The summed E-state index contributed by atoms with van der Waals surface area (Å²) in [6.45, 7) is 19.4. The Hall–Kier alpha value is -3.18. The smallest absolute Gasteiger partial charge is 0.162 e. The third-order valence-electron chi connectivity index (χ3n) is 9.19. The molecule has 0 saturated heterocycles. The first-order valence-corrected chi connectivity index (χ1v) is 18.5. The van der Waals surface area contributed by atoms with Gasteiger partial charge in [0.2, 0.25) is 0 Å². The number of aliphatic hydroxyl groups excluding tert-OH is 1. The number of carbonyl (C=O) groups is 1. The fourth-order valence-electron chi connectivity index (χ4n) is 6.38. The molecule has 4 nitrogen and oxygen atoms in total. The maximum absolute atomic E-state index is 11.7. The van der Waals surface area contributed by atoms with E-state index in [1.54, 1.807) is 6.33 Å². The van der Waals surface area contributed by atoms with Gasteiger partial charge in [-0.2, -0.15) is 0 Å². The Bertz CT molecular complexity index is 1860. The maximum Gasteiger partial charge on any atom is 0.162 e. The van der Waals surface area contributed by atoms with Crippen LogP contribution in [0.2, 0.25) is 0 Å². The zero-order chi connectivity index (χ0) is 35.0. The number of nitrogens with zero attached hydrogens (tertiary/aromatic N) is 2. The van der Waals surface area contributed by atoms with Crippen molar-refractivity contribution >= 4 is 38.0 Å². The first kappa shape index (κ1) is 40.3. The Kier molecular flexibility index (Phi) is 14.9. The van der Waals surface area contributed by atoms with E-state index in [2.05, 4.69) is 106 Å². The Balaban J connectivity index is 0.000000347. The summed E-state index contributed by atoms with van der Waals surface area (Å²) in [6.07, 6.45) is 7.67. The van der Waals surface area contributed by atoms with Gasteiger partial charge in [0, 0.05) is 59.4 Å². The summed E-state index contributed by atoms with van der Waals surface area (Å²) in [7, 11) is 0. The first-order valence-electron chi connectivity index (χ1n) is 17.6. The molecule has 0 atom stereocenters. The van der Waals surface area contributed by atoms with Crippen molar-refractivity contribution < 1.29 is 30.0 Å². The van der Waals surface area contributed by atoms with Crippen LogP contribution in [0.3, 0.4) is 0 Å². The Labute approximate surface area is 311 Å². The van der Waals surface area contributed by atoms with Crippen LogP contribution >= 0.6 is 11.3 Å². The molecule has 0 saturated carbocycles. The Morgan fingerprint density at radius 3 is 2.18 bits per heavy atom. The molecular weight excluding hydrogens is 801 g/mol. The number of aliphatic hydroxyl groups is 1. The van der Waals surface area contributed by atoms with E-state index < -0.39 is 0 Å². The Morgan fingerprint density at radius 1 is 0.898 bits per heavy atom. The molecule has 0 unspecified atom stereocenters. The minimum absolute atomic E-state index is 0. The number of rotatable bonds is 11. The molecule has 1 radical (unpaired) electrons. The molecule has 6 heteroatoms. The summed E-state index contributed by atoms with van der Waals surface area (Å²) < 4.78 is 1.32. The van der Waals surface area contributed by atoms with Crippen molar-refractivity contribution in [1.82, 2.24) is 9.97 Å². The number of ketones is 1. The molecule has 0 aliphatic carbocycles. The van der Waals surface area contributed by atoms with Crippen molar-refractivity contribution in [1.29, 1.82) is 0 Å². The second kappa shape index (κ2) is 18.2. The van der Waals surface area contributed by atoms with E-state index in [0.717, 1.165) is 54.4 Å². The fourth-order valence-corrected chi connectivity index (χ4v) is 7.38. The summed E-state index contributed by atoms with van der Waals surface area (Å²) in [5, 5.41) is 15.8. The largest absolute Gasteiger partial charge is 0.512 e. The first-order chi connectivity index (χ1) is 22.9. The second-order valence-electron chi connectivity index (χ2n) is 14.2. The molecule has 2 heterocycles. The van der Waals surface area contributed by atoms with Gasteiger partial charge < -0.3 is 5.11 Å². The second-order valence-corrected chi connectivity index (χ2v) is 15.1. The molecule has 1 N–H and O–H groups in total. The minimum atomic E-state index is 0. The molecule has 5 aromatic rings. The van der Waals surface area contributed by atoms with Gasteiger partial charge in [0.1, 0.15) is 6.33 Å². The molecule has 0 amide bonds. The Morgan fingerprint density at radius 2 is 1.55 bits per heavy atom. The molecule has 0 spiro atoms. The number of hydrogen-bond donors (Lipinski definition) is 1. The summed E-state index contributed by atoms with van der Waals surface area (Å²) >= 11 is 1.82. The zero-order valence-electron chi connectivity index (χ0n) is 30.7. The van der Waals surface area contributed by atoms with Gasteiger partial charge in [-0.15, -0.1) is 40.5 Å². The average Bonchev–Trinajstić information content (AvgIpc) is 3.47. The minimum Gasteiger partial charge on any atom is -0.512 e. The van der Waals surface area contributed by atoms with E-state index >= 15 is 0 Å². The van der Waals surface area contributed by atoms with E-state index in [1.165, 1.54) is 38.2 Å². The van der Waals surface area contributed by atoms with Crippen LogP contribution in [0, 0.1) is 23.8 Å². The standard InChI is InChI=1S/C30H29N2S.C13H24O2.Ir/c1-19(2)13-22-17-33-28-12-8-11-24(29(22)28)27-16-26(31-18-32-27)21-14-20-9-6-7-10-23(20)25(15-21)30(3,4)5;1-5-10(6-2)12(14)9-13(15)11(7-3)8-4;/h6-12,15-19H,13H2,1-5H3;9-11,14H,5-8H2,1-4H3;/q-1;;/b;12-9-;. The van der Waals surface area contributed by atoms with E-state index in [-0.39, 0.29) is 48.9 Å². The van der Waals surface area contributed by atoms with Crippen molar-refractivity contribution in [3.63, 3.8) is 0 Å². The predicted octanol–water partition coefficient (Wildman–Crippen LogP) is 12.3. The van der Waals surface area contributed by atoms with E-state index in [1.807, 2.05) is 39.0 Å². The van der Waals surface area contributed by atoms with Crippen LogP contribution in [-0.2, 0) is 36.7 Å². The number of fused-ring (bicyclic) bond motifs is 2. The maximum atomic E-state index is 11.7. The molecule has 0 aliphatic heterocycles. The van der Waals surface area contributed by atoms with Gasteiger partial charge in [-0.05, 0) is 66.5 Å². The van der Waals surface area contributed by atoms with Crippen molar-refractivity contribution in [3.05, 3.63) is 95.3 Å². The monoisotopic (exact) mass is 854 g/mol. The molecule has 0 fully saturated rings. The topological polar surface area (TPSA) is 63.1 Å². The molecule has 2 aromatic heterocycles. The molecule has 0 bridgehead atoms. The van der Waals surface area contributed by atoms with Crippen molar-refractivity contribution in [2.75, 3.05) is 0 Å². The van der Waals surface area contributed by atoms with Crippen LogP contribution in [0.5, 0.6) is 0 Å². The molecular formula is C43H53IrN2O2S-. The van der Waals surface area contributed by atoms with Gasteiger partial charge in [-0.25, -0.2) is 4.98 Å². The number of hydrogen-bond acceptors (Lipinski definition) is 5. The predicted molar refractivity (Wildman–Crippen MR) is 206 cm³/mol. The summed E-state index contributed by atoms with van der Waals surface area (Å²) in [5.74, 6) is 1.16. The van der Waals surface area contributed by atoms with Crippen LogP contribution in [0.1, 0.15) is 99.1 Å². The normalized spacial score (nSPS) is 12.0. The van der Waals surface area contributed by atoms with Gasteiger partial charge in [-0.3, -0.25) is 9.78 Å². The van der Waals surface area contributed by atoms with Gasteiger partial charge in [0.25, 0.3) is 0 Å². The third-order valence-corrected chi connectivity index (χ3v) is 10.2. The molecule has 49 heavy (non-hydrogen) atoms. The SMILES string of the molecule is CC(C)Cc1csc2cccc(-c3cc(-c4[c-]c5ccccc5c(C(C)(C)C)c4)ncn3)c12.CCC(CC)C(=O)/C=C(\O)C(CC)CC.[Ir]. The van der Waals surface area contributed by atoms with Gasteiger partial charge in [0.05, 0.1) is 11.5 Å². The quantitative estimate of drug-likeness (QED) is 0.0817. The van der Waals surface area contributed by atoms with Gasteiger partial charge >= 0.3 is 0 Å². The average molecular weight is 854 g/mol. The number of carbonyl (C=O) groups excluding carboxylic acids is 1. The van der Waals surface area contributed by atoms with Crippen molar-refractivity contribution in [2.45, 2.75) is 99.8 Å². The summed E-state index contributed by atoms with van der Waals surface area (Å²) in [5.41, 5.74) is 6.82. The number of benzene rings is 3. The third kappa shape index (κ3) is 9.96. The van der Waals surface area contributed by atoms with Crippen LogP contribution in [0.25, 0.3) is 43.4 Å². The number of allylic oxidation sites excluding steroid dienone is 2. The fraction of sp³-hybridized carbons (Fsp3) is 0.419. The van der Waals surface area contributed by atoms with Crippen molar-refractivity contribution in [2.24, 2.45) is 17.8 Å². The molecule has 3 aromatic carbocycles. The summed E-state index contributed by atoms with van der Waals surface area (Å²) in [6, 6.07) is 23.0. The number of thiophene rings is 1.